The zero-order valence-corrected chi connectivity index (χ0v) is 11.6. The Hall–Kier alpha value is -2.94. The van der Waals surface area contributed by atoms with E-state index in [0.29, 0.717) is 11.4 Å². The van der Waals surface area contributed by atoms with Gasteiger partial charge in [-0.15, -0.1) is 0 Å². The maximum atomic E-state index is 5.74. The molecule has 0 saturated carbocycles. The summed E-state index contributed by atoms with van der Waals surface area (Å²) in [5, 5.41) is 0. The molecule has 3 heteroatoms. The second-order valence-corrected chi connectivity index (χ2v) is 4.36. The van der Waals surface area contributed by atoms with Gasteiger partial charge < -0.3 is 16.2 Å². The number of anilines is 2. The van der Waals surface area contributed by atoms with E-state index in [9.17, 15) is 0 Å². The predicted molar refractivity (Wildman–Crippen MR) is 88.2 cm³/mol. The first-order valence-electron chi connectivity index (χ1n) is 6.63. The molecule has 0 aliphatic rings. The van der Waals surface area contributed by atoms with Crippen molar-refractivity contribution in [3.8, 4) is 11.5 Å². The van der Waals surface area contributed by atoms with Crippen molar-refractivity contribution in [1.82, 2.24) is 0 Å². The van der Waals surface area contributed by atoms with E-state index in [1.165, 1.54) is 0 Å². The van der Waals surface area contributed by atoms with E-state index in [1.807, 2.05) is 84.9 Å². The number of nitrogen functional groups attached to an aromatic ring is 2. The fourth-order valence-electron chi connectivity index (χ4n) is 1.64. The average Bonchev–Trinajstić information content (AvgIpc) is 2.52. The average molecular weight is 278 g/mol. The van der Waals surface area contributed by atoms with Crippen LogP contribution in [0.1, 0.15) is 0 Å². The SMILES string of the molecule is Nc1ccccc1.Nc1ccccc1Oc1ccccc1. The van der Waals surface area contributed by atoms with Gasteiger partial charge in [0.25, 0.3) is 0 Å². The van der Waals surface area contributed by atoms with Crippen LogP contribution in [-0.2, 0) is 0 Å². The van der Waals surface area contributed by atoms with Crippen molar-refractivity contribution < 1.29 is 4.74 Å². The van der Waals surface area contributed by atoms with Gasteiger partial charge in [-0.1, -0.05) is 48.5 Å². The van der Waals surface area contributed by atoms with Gasteiger partial charge in [0.15, 0.2) is 0 Å². The molecule has 3 aromatic carbocycles. The Balaban J connectivity index is 0.000000194. The van der Waals surface area contributed by atoms with Gasteiger partial charge in [-0.25, -0.2) is 0 Å². The van der Waals surface area contributed by atoms with E-state index < -0.39 is 0 Å². The van der Waals surface area contributed by atoms with E-state index in [0.717, 1.165) is 11.4 Å². The van der Waals surface area contributed by atoms with Crippen LogP contribution < -0.4 is 16.2 Å². The first-order chi connectivity index (χ1) is 10.3. The molecule has 0 heterocycles. The van der Waals surface area contributed by atoms with Gasteiger partial charge in [0, 0.05) is 5.69 Å². The molecule has 3 aromatic rings. The molecule has 3 rings (SSSR count). The lowest BCUT2D eigenvalue weighted by Crippen LogP contribution is -1.90. The van der Waals surface area contributed by atoms with Crippen molar-refractivity contribution in [3.63, 3.8) is 0 Å². The van der Waals surface area contributed by atoms with Crippen molar-refractivity contribution in [3.05, 3.63) is 84.9 Å². The van der Waals surface area contributed by atoms with E-state index in [-0.39, 0.29) is 0 Å². The lowest BCUT2D eigenvalue weighted by atomic mass is 10.3. The first-order valence-corrected chi connectivity index (χ1v) is 6.63. The minimum atomic E-state index is 0.649. The van der Waals surface area contributed by atoms with Gasteiger partial charge >= 0.3 is 0 Å². The van der Waals surface area contributed by atoms with Crippen LogP contribution in [0.15, 0.2) is 84.9 Å². The quantitative estimate of drug-likeness (QED) is 0.686. The van der Waals surface area contributed by atoms with E-state index in [2.05, 4.69) is 0 Å². The summed E-state index contributed by atoms with van der Waals surface area (Å²) in [6.07, 6.45) is 0. The van der Waals surface area contributed by atoms with Gasteiger partial charge in [-0.05, 0) is 36.4 Å². The van der Waals surface area contributed by atoms with Crippen molar-refractivity contribution >= 4 is 11.4 Å². The summed E-state index contributed by atoms with van der Waals surface area (Å²) >= 11 is 0. The van der Waals surface area contributed by atoms with E-state index >= 15 is 0 Å². The largest absolute Gasteiger partial charge is 0.455 e. The summed E-state index contributed by atoms with van der Waals surface area (Å²) in [5.41, 5.74) is 12.6. The molecule has 0 aliphatic heterocycles. The molecule has 4 N–H and O–H groups in total. The lowest BCUT2D eigenvalue weighted by molar-refractivity contribution is 0.485. The third-order valence-corrected chi connectivity index (χ3v) is 2.69. The Morgan fingerprint density at radius 1 is 0.571 bits per heavy atom. The molecule has 0 aliphatic carbocycles. The Morgan fingerprint density at radius 3 is 1.62 bits per heavy atom. The summed E-state index contributed by atoms with van der Waals surface area (Å²) in [7, 11) is 0. The highest BCUT2D eigenvalue weighted by molar-refractivity contribution is 5.53. The van der Waals surface area contributed by atoms with Gasteiger partial charge in [-0.3, -0.25) is 0 Å². The molecule has 3 nitrogen and oxygen atoms in total. The number of hydrogen-bond donors (Lipinski definition) is 2. The molecule has 0 fully saturated rings. The Kier molecular flexibility index (Phi) is 5.24. The Labute approximate surface area is 124 Å². The smallest absolute Gasteiger partial charge is 0.150 e. The number of nitrogens with two attached hydrogens (primary N) is 2. The van der Waals surface area contributed by atoms with Crippen LogP contribution in [-0.4, -0.2) is 0 Å². The van der Waals surface area contributed by atoms with E-state index in [1.54, 1.807) is 0 Å². The molecule has 21 heavy (non-hydrogen) atoms. The molecular formula is C18H18N2O. The molecular weight excluding hydrogens is 260 g/mol. The van der Waals surface area contributed by atoms with Crippen LogP contribution in [0.5, 0.6) is 11.5 Å². The number of benzene rings is 3. The van der Waals surface area contributed by atoms with E-state index in [4.69, 9.17) is 16.2 Å². The third-order valence-electron chi connectivity index (χ3n) is 2.69. The maximum absolute atomic E-state index is 5.74. The highest BCUT2D eigenvalue weighted by Crippen LogP contribution is 2.26. The molecule has 0 bridgehead atoms. The standard InChI is InChI=1S/C12H11NO.C6H7N/c13-11-8-4-5-9-12(11)14-10-6-2-1-3-7-10;7-6-4-2-1-3-5-6/h1-9H,13H2;1-5H,7H2. The summed E-state index contributed by atoms with van der Waals surface area (Å²) in [6, 6.07) is 26.5. The fourth-order valence-corrected chi connectivity index (χ4v) is 1.64. The molecule has 0 radical (unpaired) electrons. The third kappa shape index (κ3) is 4.91. The van der Waals surface area contributed by atoms with Crippen LogP contribution in [0.25, 0.3) is 0 Å². The summed E-state index contributed by atoms with van der Waals surface area (Å²) in [5.74, 6) is 1.49. The van der Waals surface area contributed by atoms with Crippen molar-refractivity contribution in [2.24, 2.45) is 0 Å². The summed E-state index contributed by atoms with van der Waals surface area (Å²) in [6.45, 7) is 0. The molecule has 0 saturated heterocycles. The van der Waals surface area contributed by atoms with Crippen LogP contribution >= 0.6 is 0 Å². The Morgan fingerprint density at radius 2 is 1.10 bits per heavy atom. The minimum Gasteiger partial charge on any atom is -0.455 e. The molecule has 0 unspecified atom stereocenters. The molecule has 0 aromatic heterocycles. The first kappa shape index (κ1) is 14.5. The van der Waals surface area contributed by atoms with Crippen molar-refractivity contribution in [2.75, 3.05) is 11.5 Å². The molecule has 0 spiro atoms. The second-order valence-electron chi connectivity index (χ2n) is 4.36. The summed E-state index contributed by atoms with van der Waals surface area (Å²) < 4.78 is 5.58. The zero-order chi connectivity index (χ0) is 14.9. The fraction of sp³-hybridized carbons (Fsp3) is 0. The monoisotopic (exact) mass is 278 g/mol. The molecule has 106 valence electrons. The van der Waals surface area contributed by atoms with Crippen LogP contribution in [0, 0.1) is 0 Å². The Bertz CT molecular complexity index is 654. The number of rotatable bonds is 2. The van der Waals surface area contributed by atoms with Gasteiger partial charge in [-0.2, -0.15) is 0 Å². The molecule has 0 amide bonds. The van der Waals surface area contributed by atoms with Gasteiger partial charge in [0.1, 0.15) is 11.5 Å². The minimum absolute atomic E-state index is 0.649. The van der Waals surface area contributed by atoms with Crippen molar-refractivity contribution in [2.45, 2.75) is 0 Å². The van der Waals surface area contributed by atoms with Crippen LogP contribution in [0.2, 0.25) is 0 Å². The zero-order valence-electron chi connectivity index (χ0n) is 11.6. The topological polar surface area (TPSA) is 61.3 Å². The highest BCUT2D eigenvalue weighted by Gasteiger charge is 1.98. The maximum Gasteiger partial charge on any atom is 0.150 e. The normalized spacial score (nSPS) is 9.33. The number of ether oxygens (including phenoxy) is 1. The predicted octanol–water partition coefficient (Wildman–Crippen LogP) is 4.33. The van der Waals surface area contributed by atoms with Crippen LogP contribution in [0.3, 0.4) is 0 Å². The van der Waals surface area contributed by atoms with Crippen LogP contribution in [0.4, 0.5) is 11.4 Å². The van der Waals surface area contributed by atoms with Crippen molar-refractivity contribution in [1.29, 1.82) is 0 Å². The number of hydrogen-bond acceptors (Lipinski definition) is 3. The number of para-hydroxylation sites is 4. The molecule has 0 atom stereocenters. The lowest BCUT2D eigenvalue weighted by Gasteiger charge is -2.07. The summed E-state index contributed by atoms with van der Waals surface area (Å²) in [4.78, 5) is 0. The highest BCUT2D eigenvalue weighted by atomic mass is 16.5. The second kappa shape index (κ2) is 7.60. The van der Waals surface area contributed by atoms with Gasteiger partial charge in [0.05, 0.1) is 5.69 Å². The van der Waals surface area contributed by atoms with Gasteiger partial charge in [0.2, 0.25) is 0 Å².